The van der Waals surface area contributed by atoms with E-state index in [9.17, 15) is 27.6 Å². The van der Waals surface area contributed by atoms with Gasteiger partial charge in [-0.3, -0.25) is 28.1 Å². The highest BCUT2D eigenvalue weighted by Gasteiger charge is 2.36. The molecule has 3 amide bonds. The van der Waals surface area contributed by atoms with Crippen molar-refractivity contribution < 1.29 is 56.0 Å². The number of amides is 3. The zero-order chi connectivity index (χ0) is 75.2. The highest BCUT2D eigenvalue weighted by molar-refractivity contribution is 7.17. The average molecular weight is 1550 g/mol. The number of rotatable bonds is 21. The van der Waals surface area contributed by atoms with E-state index in [0.29, 0.717) is 42.0 Å². The first-order valence-corrected chi connectivity index (χ1v) is 38.1. The average Bonchev–Trinajstić information content (AvgIpc) is 1.66. The number of hydrogen-bond acceptors (Lipinski definition) is 18. The quantitative estimate of drug-likeness (QED) is 0.0522. The van der Waals surface area contributed by atoms with Gasteiger partial charge in [-0.25, -0.2) is 15.0 Å². The van der Waals surface area contributed by atoms with Crippen molar-refractivity contribution >= 4 is 108 Å². The predicted molar refractivity (Wildman–Crippen MR) is 413 cm³/mol. The van der Waals surface area contributed by atoms with Crippen LogP contribution in [0.4, 0.5) is 13.2 Å². The molecule has 0 saturated carbocycles. The number of aromatic nitrogens is 6. The lowest BCUT2D eigenvalue weighted by Crippen LogP contribution is -2.35. The van der Waals surface area contributed by atoms with Gasteiger partial charge in [0.25, 0.3) is 17.7 Å². The number of hydrogen-bond donors (Lipinski definition) is 4. The van der Waals surface area contributed by atoms with Crippen molar-refractivity contribution in [2.75, 3.05) is 53.4 Å². The molecular weight excluding hydrogens is 1470 g/mol. The van der Waals surface area contributed by atoms with Crippen LogP contribution < -0.4 is 50.9 Å². The monoisotopic (exact) mass is 1550 g/mol. The Hall–Kier alpha value is -9.71. The number of thiophene rings is 3. The molecule has 29 heteroatoms. The van der Waals surface area contributed by atoms with Crippen LogP contribution in [-0.2, 0) is 6.18 Å². The second-order valence-corrected chi connectivity index (χ2v) is 30.3. The first-order chi connectivity index (χ1) is 51.5. The van der Waals surface area contributed by atoms with Crippen molar-refractivity contribution in [2.45, 2.75) is 102 Å². The Morgan fingerprint density at radius 3 is 1.12 bits per heavy atom. The summed E-state index contributed by atoms with van der Waals surface area (Å²) >= 11 is 16.3. The highest BCUT2D eigenvalue weighted by Crippen LogP contribution is 2.43. The Morgan fingerprint density at radius 1 is 0.467 bits per heavy atom. The molecule has 0 spiro atoms. The van der Waals surface area contributed by atoms with Crippen LogP contribution in [0.1, 0.15) is 129 Å². The van der Waals surface area contributed by atoms with Crippen molar-refractivity contribution in [3.8, 4) is 49.5 Å². The Balaban J connectivity index is 0.000000142. The van der Waals surface area contributed by atoms with Crippen LogP contribution in [0, 0.1) is 0 Å². The third kappa shape index (κ3) is 17.8. The Kier molecular flexibility index (Phi) is 23.4. The lowest BCUT2D eigenvalue weighted by molar-refractivity contribution is -0.139. The van der Waals surface area contributed by atoms with Gasteiger partial charge in [0.15, 0.2) is 0 Å². The fraction of sp³-hybridized carbons (Fsp3) is 0.308. The van der Waals surface area contributed by atoms with Crippen molar-refractivity contribution in [1.82, 2.24) is 43.8 Å². The van der Waals surface area contributed by atoms with Gasteiger partial charge in [-0.15, -0.1) is 34.0 Å². The molecule has 3 aliphatic rings. The molecule has 3 atom stereocenters. The number of piperidine rings is 3. The van der Waals surface area contributed by atoms with E-state index in [0.717, 1.165) is 161 Å². The van der Waals surface area contributed by atoms with Crippen molar-refractivity contribution in [3.05, 3.63) is 212 Å². The van der Waals surface area contributed by atoms with Crippen LogP contribution in [-0.4, -0.2) is 128 Å². The molecule has 15 rings (SSSR count). The van der Waals surface area contributed by atoms with Gasteiger partial charge >= 0.3 is 6.18 Å². The summed E-state index contributed by atoms with van der Waals surface area (Å²) in [5.41, 5.74) is 22.7. The van der Waals surface area contributed by atoms with Gasteiger partial charge in [0.05, 0.1) is 38.7 Å². The molecule has 7 N–H and O–H groups in total. The van der Waals surface area contributed by atoms with Crippen LogP contribution in [0.3, 0.4) is 0 Å². The molecule has 6 aromatic carbocycles. The molecule has 0 aliphatic carbocycles. The Labute approximate surface area is 637 Å². The van der Waals surface area contributed by atoms with Gasteiger partial charge in [-0.1, -0.05) is 77.8 Å². The molecule has 21 nitrogen and oxygen atoms in total. The number of nitrogens with zero attached hydrogens (tertiary/aromatic N) is 8. The molecule has 558 valence electrons. The summed E-state index contributed by atoms with van der Waals surface area (Å²) in [6.07, 6.45) is 5.23. The summed E-state index contributed by atoms with van der Waals surface area (Å²) in [5, 5.41) is 6.70. The summed E-state index contributed by atoms with van der Waals surface area (Å²) in [4.78, 5) is 55.6. The van der Waals surface area contributed by atoms with E-state index in [4.69, 9.17) is 68.8 Å². The van der Waals surface area contributed by atoms with Crippen LogP contribution in [0.15, 0.2) is 165 Å². The van der Waals surface area contributed by atoms with Gasteiger partial charge < -0.3 is 60.7 Å². The van der Waals surface area contributed by atoms with Crippen LogP contribution >= 0.6 is 57.2 Å². The van der Waals surface area contributed by atoms with E-state index >= 15 is 0 Å². The Morgan fingerprint density at radius 2 is 0.785 bits per heavy atom. The second kappa shape index (κ2) is 33.2. The van der Waals surface area contributed by atoms with E-state index in [1.165, 1.54) is 47.8 Å². The Bertz CT molecular complexity index is 5150. The summed E-state index contributed by atoms with van der Waals surface area (Å²) in [7, 11) is 4.23. The maximum absolute atomic E-state index is 13.5. The van der Waals surface area contributed by atoms with E-state index in [-0.39, 0.29) is 46.7 Å². The summed E-state index contributed by atoms with van der Waals surface area (Å²) < 4.78 is 83.2. The number of nitrogens with two attached hydrogens (primary N) is 3. The largest absolute Gasteiger partial charge is 0.490 e. The maximum atomic E-state index is 13.5. The summed E-state index contributed by atoms with van der Waals surface area (Å²) in [5.74, 6) is 1.46. The minimum atomic E-state index is -4.54. The van der Waals surface area contributed by atoms with Crippen LogP contribution in [0.25, 0.3) is 48.1 Å². The topological polar surface area (TPSA) is 257 Å². The molecule has 0 bridgehead atoms. The van der Waals surface area contributed by atoms with Crippen LogP contribution in [0.2, 0.25) is 10.0 Å². The fourth-order valence-corrected chi connectivity index (χ4v) is 16.5. The standard InChI is InChI=1S/C27H27F3N4O3S.C26H27ClN4O3S.C25H25ClN4O3S/c1-16(19-5-3-4-6-20(19)27(28,29)30)36-23-14-24(38-25(23)26(31)35)34-15-32-21-8-7-18(13-22(21)34)37-17-9-11-33(2)12-10-17;1-16(19-5-3-4-6-20(19)27)33-23-14-24(35-25(23)26(28)32)31-15-29-21-8-7-18(13-22(21)31)34-17-9-11-30(2)12-10-17;1-15(18-4-2-3-5-19(18)26)32-22-13-23(34-24(22)25(27)31)30-14-29-20-7-6-17(12-21(20)30)33-16-8-10-28-11-9-16/h3-8,13-17H,9-12H2,1-2H3,(H2,31,35);3-8,13-17H,9-12H2,1-2H3,(H2,28,32);2-7,12-16,28H,8-11H2,1H3,(H2,27,31). The number of alkyl halides is 3. The number of carbonyl (C=O) groups is 3. The first-order valence-electron chi connectivity index (χ1n) is 34.9. The zero-order valence-corrected chi connectivity index (χ0v) is 63.1. The minimum absolute atomic E-state index is 0.0352. The highest BCUT2D eigenvalue weighted by atomic mass is 35.5. The molecule has 3 fully saturated rings. The van der Waals surface area contributed by atoms with Crippen LogP contribution in [0.5, 0.6) is 34.5 Å². The molecule has 6 aromatic heterocycles. The molecule has 0 radical (unpaired) electrons. The normalized spacial score (nSPS) is 15.8. The number of ether oxygens (including phenoxy) is 6. The molecular formula is C78H79Cl2F3N12O9S3. The lowest BCUT2D eigenvalue weighted by atomic mass is 10.0. The molecule has 3 saturated heterocycles. The molecule has 3 aliphatic heterocycles. The third-order valence-corrected chi connectivity index (χ3v) is 22.9. The minimum Gasteiger partial charge on any atom is -0.490 e. The molecule has 9 heterocycles. The predicted octanol–water partition coefficient (Wildman–Crippen LogP) is 16.4. The van der Waals surface area contributed by atoms with Crippen molar-refractivity contribution in [2.24, 2.45) is 17.2 Å². The first kappa shape index (κ1) is 75.5. The second-order valence-electron chi connectivity index (χ2n) is 26.4. The van der Waals surface area contributed by atoms with Gasteiger partial charge in [0.1, 0.15) is 120 Å². The van der Waals surface area contributed by atoms with Gasteiger partial charge in [0, 0.05) is 89.3 Å². The van der Waals surface area contributed by atoms with Crippen molar-refractivity contribution in [1.29, 1.82) is 0 Å². The SMILES string of the molecule is CC(Oc1cc(-n2cnc3ccc(OC4CCN(C)CC4)cc32)sc1C(N)=O)c1ccccc1C(F)(F)F.CC(Oc1cc(-n2cnc3ccc(OC4CCN(C)CC4)cc32)sc1C(N)=O)c1ccccc1Cl.CC(Oc1cc(-n2cnc3ccc(OC4CCNCC4)cc32)sc1C(N)=O)c1ccccc1Cl. The van der Waals surface area contributed by atoms with E-state index in [2.05, 4.69) is 44.2 Å². The number of carbonyl (C=O) groups excluding carboxylic acids is 3. The number of benzene rings is 6. The van der Waals surface area contributed by atoms with E-state index in [1.807, 2.05) is 138 Å². The summed E-state index contributed by atoms with van der Waals surface area (Å²) in [6.45, 7) is 11.2. The zero-order valence-electron chi connectivity index (χ0n) is 59.1. The fourth-order valence-electron chi connectivity index (χ4n) is 13.1. The number of likely N-dealkylation sites (tertiary alicyclic amines) is 2. The van der Waals surface area contributed by atoms with E-state index in [1.54, 1.807) is 29.6 Å². The molecule has 3 unspecified atom stereocenters. The summed E-state index contributed by atoms with van der Waals surface area (Å²) in [6, 6.07) is 42.8. The molecule has 12 aromatic rings. The van der Waals surface area contributed by atoms with Gasteiger partial charge in [-0.2, -0.15) is 13.2 Å². The van der Waals surface area contributed by atoms with E-state index < -0.39 is 35.6 Å². The molecule has 107 heavy (non-hydrogen) atoms. The smallest absolute Gasteiger partial charge is 0.416 e. The van der Waals surface area contributed by atoms with Gasteiger partial charge in [-0.05, 0) is 141 Å². The number of imidazole rings is 3. The number of primary amides is 3. The number of halogens is 5. The lowest BCUT2D eigenvalue weighted by Gasteiger charge is -2.29. The maximum Gasteiger partial charge on any atom is 0.416 e. The third-order valence-electron chi connectivity index (χ3n) is 18.8. The number of nitrogens with one attached hydrogen (secondary N) is 1. The van der Waals surface area contributed by atoms with Crippen molar-refractivity contribution in [3.63, 3.8) is 0 Å². The van der Waals surface area contributed by atoms with Gasteiger partial charge in [0.2, 0.25) is 0 Å². The number of fused-ring (bicyclic) bond motifs is 3.